The minimum atomic E-state index is -0.107. The van der Waals surface area contributed by atoms with Crippen LogP contribution in [0.5, 0.6) is 5.75 Å². The second kappa shape index (κ2) is 6.18. The second-order valence-corrected chi connectivity index (χ2v) is 5.64. The normalized spacial score (nSPS) is 16.7. The highest BCUT2D eigenvalue weighted by Gasteiger charge is 2.23. The van der Waals surface area contributed by atoms with Crippen molar-refractivity contribution in [3.8, 4) is 5.75 Å². The standard InChI is InChI=1S/C18H20N2O2/c1-12-10-15(17(22-2)11-19-12)18(21)20-16-9-5-7-13-6-3-4-8-14(13)16/h3-4,6,8,10-11,16H,5,7,9H2,1-2H3,(H,20,21). The summed E-state index contributed by atoms with van der Waals surface area (Å²) in [5.74, 6) is 0.399. The van der Waals surface area contributed by atoms with E-state index in [1.807, 2.05) is 13.0 Å². The van der Waals surface area contributed by atoms with Gasteiger partial charge in [-0.3, -0.25) is 9.78 Å². The molecule has 0 saturated carbocycles. The average molecular weight is 296 g/mol. The van der Waals surface area contributed by atoms with Crippen LogP contribution in [0.3, 0.4) is 0 Å². The van der Waals surface area contributed by atoms with Crippen molar-refractivity contribution >= 4 is 5.91 Å². The van der Waals surface area contributed by atoms with Gasteiger partial charge >= 0.3 is 0 Å². The second-order valence-electron chi connectivity index (χ2n) is 5.64. The van der Waals surface area contributed by atoms with Gasteiger partial charge in [0.1, 0.15) is 5.75 Å². The zero-order valence-corrected chi connectivity index (χ0v) is 12.9. The maximum Gasteiger partial charge on any atom is 0.255 e. The number of hydrogen-bond acceptors (Lipinski definition) is 3. The smallest absolute Gasteiger partial charge is 0.255 e. The first-order valence-corrected chi connectivity index (χ1v) is 7.58. The number of benzene rings is 1. The van der Waals surface area contributed by atoms with E-state index >= 15 is 0 Å². The Kier molecular flexibility index (Phi) is 4.09. The molecular weight excluding hydrogens is 276 g/mol. The molecule has 114 valence electrons. The Balaban J connectivity index is 1.85. The quantitative estimate of drug-likeness (QED) is 0.946. The van der Waals surface area contributed by atoms with Crippen LogP contribution in [0.15, 0.2) is 36.5 Å². The van der Waals surface area contributed by atoms with Crippen LogP contribution in [-0.4, -0.2) is 18.0 Å². The molecule has 0 radical (unpaired) electrons. The number of carbonyl (C=O) groups excluding carboxylic acids is 1. The molecule has 22 heavy (non-hydrogen) atoms. The lowest BCUT2D eigenvalue weighted by Crippen LogP contribution is -2.31. The van der Waals surface area contributed by atoms with Crippen molar-refractivity contribution in [1.29, 1.82) is 0 Å². The summed E-state index contributed by atoms with van der Waals surface area (Å²) in [5, 5.41) is 3.15. The summed E-state index contributed by atoms with van der Waals surface area (Å²) in [5.41, 5.74) is 3.90. The summed E-state index contributed by atoms with van der Waals surface area (Å²) < 4.78 is 5.26. The van der Waals surface area contributed by atoms with Crippen molar-refractivity contribution in [1.82, 2.24) is 10.3 Å². The van der Waals surface area contributed by atoms with Crippen LogP contribution in [-0.2, 0) is 6.42 Å². The maximum atomic E-state index is 12.6. The number of carbonyl (C=O) groups is 1. The van der Waals surface area contributed by atoms with Gasteiger partial charge in [-0.05, 0) is 43.4 Å². The number of rotatable bonds is 3. The molecule has 4 heteroatoms. The summed E-state index contributed by atoms with van der Waals surface area (Å²) in [7, 11) is 1.55. The van der Waals surface area contributed by atoms with Crippen molar-refractivity contribution in [2.45, 2.75) is 32.2 Å². The number of aromatic nitrogens is 1. The average Bonchev–Trinajstić information content (AvgIpc) is 2.55. The molecule has 1 aliphatic rings. The molecule has 4 nitrogen and oxygen atoms in total. The van der Waals surface area contributed by atoms with Gasteiger partial charge in [0.15, 0.2) is 0 Å². The van der Waals surface area contributed by atoms with Crippen LogP contribution >= 0.6 is 0 Å². The number of fused-ring (bicyclic) bond motifs is 1. The van der Waals surface area contributed by atoms with Crippen LogP contribution in [0, 0.1) is 6.92 Å². The van der Waals surface area contributed by atoms with E-state index in [0.717, 1.165) is 25.0 Å². The minimum absolute atomic E-state index is 0.0654. The number of ether oxygens (including phenoxy) is 1. The van der Waals surface area contributed by atoms with E-state index < -0.39 is 0 Å². The highest BCUT2D eigenvalue weighted by Crippen LogP contribution is 2.30. The molecule has 0 bridgehead atoms. The predicted molar refractivity (Wildman–Crippen MR) is 85.1 cm³/mol. The summed E-state index contributed by atoms with van der Waals surface area (Å²) in [6.45, 7) is 1.87. The lowest BCUT2D eigenvalue weighted by molar-refractivity contribution is 0.0929. The molecule has 1 unspecified atom stereocenters. The molecule has 1 aromatic heterocycles. The SMILES string of the molecule is COc1cnc(C)cc1C(=O)NC1CCCc2ccccc21. The molecule has 0 aliphatic heterocycles. The van der Waals surface area contributed by atoms with Crippen LogP contribution < -0.4 is 10.1 Å². The first-order chi connectivity index (χ1) is 10.7. The molecule has 1 heterocycles. The van der Waals surface area contributed by atoms with Crippen LogP contribution in [0.1, 0.15) is 46.1 Å². The zero-order chi connectivity index (χ0) is 15.5. The number of hydrogen-bond donors (Lipinski definition) is 1. The molecule has 2 aromatic rings. The van der Waals surface area contributed by atoms with Gasteiger partial charge in [0.2, 0.25) is 0 Å². The Labute approximate surface area is 130 Å². The monoisotopic (exact) mass is 296 g/mol. The fourth-order valence-corrected chi connectivity index (χ4v) is 3.03. The molecule has 0 saturated heterocycles. The fraction of sp³-hybridized carbons (Fsp3) is 0.333. The first kappa shape index (κ1) is 14.6. The minimum Gasteiger partial charge on any atom is -0.494 e. The molecule has 1 amide bonds. The topological polar surface area (TPSA) is 51.2 Å². The highest BCUT2D eigenvalue weighted by molar-refractivity contribution is 5.97. The number of aryl methyl sites for hydroxylation is 2. The fourth-order valence-electron chi connectivity index (χ4n) is 3.03. The first-order valence-electron chi connectivity index (χ1n) is 7.58. The van der Waals surface area contributed by atoms with Crippen LogP contribution in [0.2, 0.25) is 0 Å². The third kappa shape index (κ3) is 2.82. The molecule has 1 N–H and O–H groups in total. The molecule has 1 aliphatic carbocycles. The number of pyridine rings is 1. The Morgan fingerprint density at radius 3 is 3.00 bits per heavy atom. The van der Waals surface area contributed by atoms with Crippen molar-refractivity contribution < 1.29 is 9.53 Å². The van der Waals surface area contributed by atoms with Gasteiger partial charge < -0.3 is 10.1 Å². The van der Waals surface area contributed by atoms with Crippen LogP contribution in [0.25, 0.3) is 0 Å². The molecule has 0 fully saturated rings. The van der Waals surface area contributed by atoms with E-state index in [2.05, 4.69) is 28.5 Å². The summed E-state index contributed by atoms with van der Waals surface area (Å²) >= 11 is 0. The van der Waals surface area contributed by atoms with E-state index in [1.54, 1.807) is 19.4 Å². The van der Waals surface area contributed by atoms with E-state index in [9.17, 15) is 4.79 Å². The zero-order valence-electron chi connectivity index (χ0n) is 12.9. The molecule has 0 spiro atoms. The van der Waals surface area contributed by atoms with Gasteiger partial charge in [-0.2, -0.15) is 0 Å². The van der Waals surface area contributed by atoms with Crippen molar-refractivity contribution in [3.05, 3.63) is 58.9 Å². The molecular formula is C18H20N2O2. The van der Waals surface area contributed by atoms with E-state index in [1.165, 1.54) is 11.1 Å². The van der Waals surface area contributed by atoms with E-state index in [-0.39, 0.29) is 11.9 Å². The summed E-state index contributed by atoms with van der Waals surface area (Å²) in [6.07, 6.45) is 4.74. The van der Waals surface area contributed by atoms with Crippen molar-refractivity contribution in [2.75, 3.05) is 7.11 Å². The number of methoxy groups -OCH3 is 1. The lowest BCUT2D eigenvalue weighted by Gasteiger charge is -2.26. The number of nitrogens with one attached hydrogen (secondary N) is 1. The van der Waals surface area contributed by atoms with Crippen molar-refractivity contribution in [2.24, 2.45) is 0 Å². The third-order valence-electron chi connectivity index (χ3n) is 4.14. The number of amides is 1. The Hall–Kier alpha value is -2.36. The van der Waals surface area contributed by atoms with Gasteiger partial charge in [-0.1, -0.05) is 24.3 Å². The lowest BCUT2D eigenvalue weighted by atomic mass is 9.87. The Bertz CT molecular complexity index is 697. The Morgan fingerprint density at radius 1 is 1.36 bits per heavy atom. The number of nitrogens with zero attached hydrogens (tertiary/aromatic N) is 1. The maximum absolute atomic E-state index is 12.6. The summed E-state index contributed by atoms with van der Waals surface area (Å²) in [4.78, 5) is 16.8. The third-order valence-corrected chi connectivity index (χ3v) is 4.14. The van der Waals surface area contributed by atoms with Gasteiger partial charge in [0, 0.05) is 5.69 Å². The van der Waals surface area contributed by atoms with Crippen LogP contribution in [0.4, 0.5) is 0 Å². The van der Waals surface area contributed by atoms with Gasteiger partial charge in [-0.25, -0.2) is 0 Å². The Morgan fingerprint density at radius 2 is 2.18 bits per heavy atom. The molecule has 1 atom stereocenters. The van der Waals surface area contributed by atoms with E-state index in [0.29, 0.717) is 11.3 Å². The van der Waals surface area contributed by atoms with Crippen molar-refractivity contribution in [3.63, 3.8) is 0 Å². The van der Waals surface area contributed by atoms with Gasteiger partial charge in [-0.15, -0.1) is 0 Å². The highest BCUT2D eigenvalue weighted by atomic mass is 16.5. The molecule has 1 aromatic carbocycles. The predicted octanol–water partition coefficient (Wildman–Crippen LogP) is 3.21. The summed E-state index contributed by atoms with van der Waals surface area (Å²) in [6, 6.07) is 10.2. The van der Waals surface area contributed by atoms with E-state index in [4.69, 9.17) is 4.74 Å². The van der Waals surface area contributed by atoms with Gasteiger partial charge in [0.05, 0.1) is 24.9 Å². The van der Waals surface area contributed by atoms with Gasteiger partial charge in [0.25, 0.3) is 5.91 Å². The molecule has 3 rings (SSSR count). The largest absolute Gasteiger partial charge is 0.494 e.